The minimum atomic E-state index is -0.154. The van der Waals surface area contributed by atoms with Crippen LogP contribution < -0.4 is 0 Å². The Morgan fingerprint density at radius 1 is 1.24 bits per heavy atom. The topological polar surface area (TPSA) is 37.2 Å². The van der Waals surface area contributed by atoms with Crippen LogP contribution in [0.4, 0.5) is 5.69 Å². The third-order valence-electron chi connectivity index (χ3n) is 3.94. The number of oxime groups is 1. The van der Waals surface area contributed by atoms with Gasteiger partial charge in [0.15, 0.2) is 6.10 Å². The highest BCUT2D eigenvalue weighted by atomic mass is 35.5. The summed E-state index contributed by atoms with van der Waals surface area (Å²) in [7, 11) is 3.83. The monoisotopic (exact) mass is 375 g/mol. The van der Waals surface area contributed by atoms with E-state index in [-0.39, 0.29) is 6.10 Å². The van der Waals surface area contributed by atoms with E-state index in [1.54, 1.807) is 6.34 Å². The molecule has 0 amide bonds. The molecule has 0 spiro atoms. The van der Waals surface area contributed by atoms with Gasteiger partial charge in [-0.3, -0.25) is 0 Å². The SMILES string of the molecule is Cc1cc(N=CN(C)C)c(Cl)cc1C1CC(c2cccc(Cl)c2)=NO1. The summed E-state index contributed by atoms with van der Waals surface area (Å²) >= 11 is 12.5. The summed E-state index contributed by atoms with van der Waals surface area (Å²) in [6, 6.07) is 11.5. The summed E-state index contributed by atoms with van der Waals surface area (Å²) in [5.74, 6) is 0. The Morgan fingerprint density at radius 3 is 2.76 bits per heavy atom. The van der Waals surface area contributed by atoms with Crippen LogP contribution in [0.15, 0.2) is 46.5 Å². The molecule has 0 bridgehead atoms. The molecule has 0 radical (unpaired) electrons. The normalized spacial score (nSPS) is 16.8. The summed E-state index contributed by atoms with van der Waals surface area (Å²) in [6.07, 6.45) is 2.25. The quantitative estimate of drug-likeness (QED) is 0.530. The Labute approximate surface area is 157 Å². The molecule has 1 aliphatic heterocycles. The largest absolute Gasteiger partial charge is 0.387 e. The second kappa shape index (κ2) is 7.46. The third kappa shape index (κ3) is 4.14. The minimum Gasteiger partial charge on any atom is -0.387 e. The van der Waals surface area contributed by atoms with Crippen LogP contribution in [0, 0.1) is 6.92 Å². The van der Waals surface area contributed by atoms with Gasteiger partial charge in [-0.2, -0.15) is 0 Å². The molecular weight excluding hydrogens is 357 g/mol. The summed E-state index contributed by atoms with van der Waals surface area (Å²) < 4.78 is 0. The molecule has 0 saturated carbocycles. The van der Waals surface area contributed by atoms with Crippen LogP contribution in [0.1, 0.15) is 29.2 Å². The van der Waals surface area contributed by atoms with Gasteiger partial charge in [0.25, 0.3) is 0 Å². The highest BCUT2D eigenvalue weighted by molar-refractivity contribution is 6.33. The number of rotatable bonds is 4. The summed E-state index contributed by atoms with van der Waals surface area (Å²) in [4.78, 5) is 11.9. The fourth-order valence-electron chi connectivity index (χ4n) is 2.69. The van der Waals surface area contributed by atoms with Crippen LogP contribution in [0.2, 0.25) is 10.0 Å². The first-order valence-electron chi connectivity index (χ1n) is 7.93. The van der Waals surface area contributed by atoms with E-state index in [1.165, 1.54) is 0 Å². The lowest BCUT2D eigenvalue weighted by molar-refractivity contribution is 0.0853. The van der Waals surface area contributed by atoms with E-state index >= 15 is 0 Å². The van der Waals surface area contributed by atoms with Gasteiger partial charge in [0, 0.05) is 31.1 Å². The average Bonchev–Trinajstić information content (AvgIpc) is 3.05. The van der Waals surface area contributed by atoms with E-state index in [9.17, 15) is 0 Å². The number of hydrogen-bond acceptors (Lipinski definition) is 3. The van der Waals surface area contributed by atoms with Gasteiger partial charge in [0.1, 0.15) is 0 Å². The standard InChI is InChI=1S/C19H19Cl2N3O/c1-12-7-18(22-11-24(2)3)16(21)9-15(12)19-10-17(23-25-19)13-5-4-6-14(20)8-13/h4-9,11,19H,10H2,1-3H3. The van der Waals surface area contributed by atoms with Gasteiger partial charge in [0.2, 0.25) is 0 Å². The zero-order chi connectivity index (χ0) is 18.0. The maximum absolute atomic E-state index is 6.39. The smallest absolute Gasteiger partial charge is 0.158 e. The summed E-state index contributed by atoms with van der Waals surface area (Å²) in [5.41, 5.74) is 4.70. The fourth-order valence-corrected chi connectivity index (χ4v) is 3.10. The minimum absolute atomic E-state index is 0.154. The number of halogens is 2. The maximum Gasteiger partial charge on any atom is 0.158 e. The lowest BCUT2D eigenvalue weighted by Gasteiger charge is -2.14. The van der Waals surface area contributed by atoms with Gasteiger partial charge in [0.05, 0.1) is 22.8 Å². The third-order valence-corrected chi connectivity index (χ3v) is 4.47. The van der Waals surface area contributed by atoms with E-state index in [4.69, 9.17) is 28.0 Å². The number of nitrogens with zero attached hydrogens (tertiary/aromatic N) is 3. The van der Waals surface area contributed by atoms with Crippen molar-refractivity contribution in [2.75, 3.05) is 14.1 Å². The Hall–Kier alpha value is -2.04. The number of aryl methyl sites for hydroxylation is 1. The van der Waals surface area contributed by atoms with Gasteiger partial charge in [-0.1, -0.05) is 40.5 Å². The second-order valence-corrected chi connectivity index (χ2v) is 7.06. The van der Waals surface area contributed by atoms with Crippen molar-refractivity contribution in [1.82, 2.24) is 4.90 Å². The molecule has 3 rings (SSSR count). The molecule has 1 unspecified atom stereocenters. The molecule has 6 heteroatoms. The predicted octanol–water partition coefficient (Wildman–Crippen LogP) is 5.39. The number of hydrogen-bond donors (Lipinski definition) is 0. The van der Waals surface area contributed by atoms with E-state index in [0.29, 0.717) is 16.5 Å². The molecule has 0 aliphatic carbocycles. The Kier molecular flexibility index (Phi) is 5.30. The maximum atomic E-state index is 6.39. The van der Waals surface area contributed by atoms with Gasteiger partial charge in [-0.15, -0.1) is 0 Å². The molecule has 25 heavy (non-hydrogen) atoms. The van der Waals surface area contributed by atoms with Crippen molar-refractivity contribution in [2.45, 2.75) is 19.4 Å². The highest BCUT2D eigenvalue weighted by Crippen LogP contribution is 2.36. The molecule has 0 aromatic heterocycles. The zero-order valence-electron chi connectivity index (χ0n) is 14.3. The first kappa shape index (κ1) is 17.8. The van der Waals surface area contributed by atoms with Crippen molar-refractivity contribution >= 4 is 40.9 Å². The van der Waals surface area contributed by atoms with E-state index < -0.39 is 0 Å². The fraction of sp³-hybridized carbons (Fsp3) is 0.263. The van der Waals surface area contributed by atoms with Gasteiger partial charge in [-0.25, -0.2) is 4.99 Å². The molecule has 1 aliphatic rings. The first-order valence-corrected chi connectivity index (χ1v) is 8.69. The Bertz CT molecular complexity index is 847. The van der Waals surface area contributed by atoms with E-state index in [0.717, 1.165) is 28.1 Å². The number of benzene rings is 2. The van der Waals surface area contributed by atoms with Gasteiger partial charge >= 0.3 is 0 Å². The molecule has 1 atom stereocenters. The summed E-state index contributed by atoms with van der Waals surface area (Å²) in [5, 5.41) is 5.52. The molecule has 130 valence electrons. The predicted molar refractivity (Wildman–Crippen MR) is 104 cm³/mol. The van der Waals surface area contributed by atoms with Crippen LogP contribution in [0.5, 0.6) is 0 Å². The molecule has 0 saturated heterocycles. The molecule has 2 aromatic carbocycles. The van der Waals surface area contributed by atoms with Crippen LogP contribution in [0.25, 0.3) is 0 Å². The lowest BCUT2D eigenvalue weighted by Crippen LogP contribution is -2.07. The van der Waals surface area contributed by atoms with Crippen LogP contribution in [-0.4, -0.2) is 31.0 Å². The number of aliphatic imine (C=N–C) groups is 1. The van der Waals surface area contributed by atoms with Crippen molar-refractivity contribution < 1.29 is 4.84 Å². The van der Waals surface area contributed by atoms with Crippen molar-refractivity contribution in [3.8, 4) is 0 Å². The highest BCUT2D eigenvalue weighted by Gasteiger charge is 2.26. The Morgan fingerprint density at radius 2 is 2.04 bits per heavy atom. The zero-order valence-corrected chi connectivity index (χ0v) is 15.8. The average molecular weight is 376 g/mol. The van der Waals surface area contributed by atoms with Crippen LogP contribution >= 0.6 is 23.2 Å². The van der Waals surface area contributed by atoms with Crippen LogP contribution in [0.3, 0.4) is 0 Å². The lowest BCUT2D eigenvalue weighted by atomic mass is 9.97. The second-order valence-electron chi connectivity index (χ2n) is 6.21. The van der Waals surface area contributed by atoms with Crippen molar-refractivity contribution in [3.05, 3.63) is 63.1 Å². The van der Waals surface area contributed by atoms with Gasteiger partial charge < -0.3 is 9.74 Å². The molecule has 4 nitrogen and oxygen atoms in total. The molecule has 0 N–H and O–H groups in total. The van der Waals surface area contributed by atoms with E-state index in [2.05, 4.69) is 10.1 Å². The molecule has 0 fully saturated rings. The van der Waals surface area contributed by atoms with Crippen molar-refractivity contribution in [2.24, 2.45) is 10.1 Å². The van der Waals surface area contributed by atoms with Gasteiger partial charge in [-0.05, 0) is 42.3 Å². The first-order chi connectivity index (χ1) is 11.9. The Balaban J connectivity index is 1.81. The van der Waals surface area contributed by atoms with Crippen molar-refractivity contribution in [3.63, 3.8) is 0 Å². The van der Waals surface area contributed by atoms with E-state index in [1.807, 2.05) is 62.3 Å². The molecule has 1 heterocycles. The molecule has 2 aromatic rings. The van der Waals surface area contributed by atoms with Crippen molar-refractivity contribution in [1.29, 1.82) is 0 Å². The molecular formula is C19H19Cl2N3O. The summed E-state index contributed by atoms with van der Waals surface area (Å²) in [6.45, 7) is 2.03. The van der Waals surface area contributed by atoms with Crippen LogP contribution in [-0.2, 0) is 4.84 Å².